The largest absolute Gasteiger partial charge is 0.480 e. The minimum absolute atomic E-state index is 0.476. The first-order valence-corrected chi connectivity index (χ1v) is 8.10. The molecular weight excluding hydrogens is 272 g/mol. The third-order valence-electron chi connectivity index (χ3n) is 3.78. The summed E-state index contributed by atoms with van der Waals surface area (Å²) in [7, 11) is 0. The van der Waals surface area contributed by atoms with E-state index in [4.69, 9.17) is 0 Å². The second-order valence-corrected chi connectivity index (χ2v) is 6.89. The molecule has 2 heterocycles. The lowest BCUT2D eigenvalue weighted by atomic mass is 10.1. The maximum atomic E-state index is 11.7. The van der Waals surface area contributed by atoms with Crippen molar-refractivity contribution in [3.8, 4) is 0 Å². The van der Waals surface area contributed by atoms with Gasteiger partial charge in [-0.25, -0.2) is 0 Å². The van der Waals surface area contributed by atoms with Crippen LogP contribution in [0.15, 0.2) is 11.4 Å². The normalized spacial score (nSPS) is 19.4. The van der Waals surface area contributed by atoms with Crippen LogP contribution < -0.4 is 0 Å². The van der Waals surface area contributed by atoms with Crippen molar-refractivity contribution in [2.75, 3.05) is 32.7 Å². The van der Waals surface area contributed by atoms with Gasteiger partial charge in [0, 0.05) is 37.6 Å². The number of aliphatic carboxylic acids is 1. The van der Waals surface area contributed by atoms with E-state index in [1.807, 2.05) is 18.4 Å². The fourth-order valence-corrected chi connectivity index (χ4v) is 3.87. The average molecular weight is 296 g/mol. The van der Waals surface area contributed by atoms with E-state index in [1.54, 1.807) is 11.3 Å². The van der Waals surface area contributed by atoms with E-state index in [-0.39, 0.29) is 0 Å². The molecule has 0 aliphatic carbocycles. The Kier molecular flexibility index (Phi) is 5.18. The van der Waals surface area contributed by atoms with Crippen LogP contribution in [0, 0.1) is 12.8 Å². The highest BCUT2D eigenvalue weighted by Crippen LogP contribution is 2.29. The molecule has 1 N–H and O–H groups in total. The van der Waals surface area contributed by atoms with Crippen molar-refractivity contribution in [1.82, 2.24) is 9.80 Å². The second kappa shape index (κ2) is 6.70. The maximum Gasteiger partial charge on any atom is 0.326 e. The second-order valence-electron chi connectivity index (χ2n) is 5.94. The lowest BCUT2D eigenvalue weighted by Crippen LogP contribution is -2.49. The van der Waals surface area contributed by atoms with Crippen molar-refractivity contribution in [1.29, 1.82) is 0 Å². The molecule has 0 bridgehead atoms. The molecule has 112 valence electrons. The number of carboxylic acid groups (broad SMARTS) is 1. The predicted molar refractivity (Wildman–Crippen MR) is 82.3 cm³/mol. The lowest BCUT2D eigenvalue weighted by Gasteiger charge is -2.38. The first-order chi connectivity index (χ1) is 9.49. The summed E-state index contributed by atoms with van der Waals surface area (Å²) in [5.74, 6) is -0.0655. The van der Waals surface area contributed by atoms with Crippen LogP contribution in [0.5, 0.6) is 0 Å². The standard InChI is InChI=1S/C15H24N2O2S/c1-11(2)10-16-5-7-17(8-6-16)13(15(18)19)14-12(3)4-9-20-14/h4,9,11,13H,5-8,10H2,1-3H3,(H,18,19). The van der Waals surface area contributed by atoms with Gasteiger partial charge >= 0.3 is 5.97 Å². The Labute approximate surface area is 125 Å². The lowest BCUT2D eigenvalue weighted by molar-refractivity contribution is -0.144. The molecule has 1 fully saturated rings. The third-order valence-corrected chi connectivity index (χ3v) is 4.85. The number of thiophene rings is 1. The Hall–Kier alpha value is -0.910. The fourth-order valence-electron chi connectivity index (χ4n) is 2.82. The molecule has 1 aliphatic rings. The van der Waals surface area contributed by atoms with Gasteiger partial charge in [0.1, 0.15) is 6.04 Å². The molecule has 1 aromatic heterocycles. The fraction of sp³-hybridized carbons (Fsp3) is 0.667. The van der Waals surface area contributed by atoms with Gasteiger partial charge in [0.15, 0.2) is 0 Å². The van der Waals surface area contributed by atoms with E-state index in [2.05, 4.69) is 23.6 Å². The van der Waals surface area contributed by atoms with Gasteiger partial charge in [-0.05, 0) is 29.9 Å². The van der Waals surface area contributed by atoms with E-state index in [1.165, 1.54) is 0 Å². The molecule has 1 aromatic rings. The van der Waals surface area contributed by atoms with E-state index in [0.717, 1.165) is 43.2 Å². The average Bonchev–Trinajstić information content (AvgIpc) is 2.77. The number of hydrogen-bond acceptors (Lipinski definition) is 4. The van der Waals surface area contributed by atoms with Crippen LogP contribution in [0.3, 0.4) is 0 Å². The Morgan fingerprint density at radius 2 is 2.00 bits per heavy atom. The van der Waals surface area contributed by atoms with Gasteiger partial charge in [-0.3, -0.25) is 9.69 Å². The Bertz CT molecular complexity index is 450. The summed E-state index contributed by atoms with van der Waals surface area (Å²) in [6.45, 7) is 11.1. The predicted octanol–water partition coefficient (Wildman–Crippen LogP) is 2.46. The number of rotatable bonds is 5. The zero-order chi connectivity index (χ0) is 14.7. The smallest absolute Gasteiger partial charge is 0.326 e. The van der Waals surface area contributed by atoms with Gasteiger partial charge in [-0.2, -0.15) is 0 Å². The summed E-state index contributed by atoms with van der Waals surface area (Å²) in [5, 5.41) is 11.6. The topological polar surface area (TPSA) is 43.8 Å². The molecule has 0 spiro atoms. The molecule has 5 heteroatoms. The van der Waals surface area contributed by atoms with Crippen LogP contribution in [-0.2, 0) is 4.79 Å². The molecule has 0 saturated carbocycles. The van der Waals surface area contributed by atoms with Crippen LogP contribution in [0.25, 0.3) is 0 Å². The molecule has 0 radical (unpaired) electrons. The number of nitrogens with zero attached hydrogens (tertiary/aromatic N) is 2. The Morgan fingerprint density at radius 3 is 2.45 bits per heavy atom. The number of carboxylic acids is 1. The molecule has 20 heavy (non-hydrogen) atoms. The third kappa shape index (κ3) is 3.59. The highest BCUT2D eigenvalue weighted by molar-refractivity contribution is 7.10. The number of carbonyl (C=O) groups is 1. The summed E-state index contributed by atoms with van der Waals surface area (Å²) in [6, 6.07) is 1.53. The maximum absolute atomic E-state index is 11.7. The Morgan fingerprint density at radius 1 is 1.35 bits per heavy atom. The van der Waals surface area contributed by atoms with E-state index < -0.39 is 12.0 Å². The van der Waals surface area contributed by atoms with Crippen molar-refractivity contribution < 1.29 is 9.90 Å². The molecular formula is C15H24N2O2S. The summed E-state index contributed by atoms with van der Waals surface area (Å²) in [6.07, 6.45) is 0. The first kappa shape index (κ1) is 15.5. The van der Waals surface area contributed by atoms with Gasteiger partial charge in [0.25, 0.3) is 0 Å². The van der Waals surface area contributed by atoms with Crippen LogP contribution in [-0.4, -0.2) is 53.6 Å². The monoisotopic (exact) mass is 296 g/mol. The molecule has 4 nitrogen and oxygen atoms in total. The van der Waals surface area contributed by atoms with Crippen molar-refractivity contribution in [2.24, 2.45) is 5.92 Å². The minimum Gasteiger partial charge on any atom is -0.480 e. The molecule has 0 aromatic carbocycles. The van der Waals surface area contributed by atoms with Crippen molar-refractivity contribution in [3.05, 3.63) is 21.9 Å². The zero-order valence-electron chi connectivity index (χ0n) is 12.5. The summed E-state index contributed by atoms with van der Waals surface area (Å²) in [4.78, 5) is 17.2. The van der Waals surface area contributed by atoms with E-state index in [9.17, 15) is 9.90 Å². The number of piperazine rings is 1. The van der Waals surface area contributed by atoms with E-state index >= 15 is 0 Å². The van der Waals surface area contributed by atoms with Gasteiger partial charge in [-0.15, -0.1) is 11.3 Å². The molecule has 1 unspecified atom stereocenters. The van der Waals surface area contributed by atoms with Gasteiger partial charge in [-0.1, -0.05) is 13.8 Å². The highest BCUT2D eigenvalue weighted by atomic mass is 32.1. The van der Waals surface area contributed by atoms with Gasteiger partial charge < -0.3 is 10.0 Å². The molecule has 1 aliphatic heterocycles. The minimum atomic E-state index is -0.729. The quantitative estimate of drug-likeness (QED) is 0.906. The summed E-state index contributed by atoms with van der Waals surface area (Å²) >= 11 is 1.55. The SMILES string of the molecule is Cc1ccsc1C(C(=O)O)N1CCN(CC(C)C)CC1. The molecule has 1 atom stereocenters. The van der Waals surface area contributed by atoms with Gasteiger partial charge in [0.05, 0.1) is 0 Å². The van der Waals surface area contributed by atoms with E-state index in [0.29, 0.717) is 5.92 Å². The summed E-state index contributed by atoms with van der Waals surface area (Å²) in [5.41, 5.74) is 1.09. The molecule has 0 amide bonds. The van der Waals surface area contributed by atoms with Crippen molar-refractivity contribution in [3.63, 3.8) is 0 Å². The summed E-state index contributed by atoms with van der Waals surface area (Å²) < 4.78 is 0. The van der Waals surface area contributed by atoms with Gasteiger partial charge in [0.2, 0.25) is 0 Å². The van der Waals surface area contributed by atoms with Crippen molar-refractivity contribution >= 4 is 17.3 Å². The first-order valence-electron chi connectivity index (χ1n) is 7.22. The van der Waals surface area contributed by atoms with Crippen LogP contribution in [0.2, 0.25) is 0 Å². The highest BCUT2D eigenvalue weighted by Gasteiger charge is 2.32. The van der Waals surface area contributed by atoms with Crippen molar-refractivity contribution in [2.45, 2.75) is 26.8 Å². The zero-order valence-corrected chi connectivity index (χ0v) is 13.3. The molecule has 1 saturated heterocycles. The molecule has 2 rings (SSSR count). The Balaban J connectivity index is 2.03. The van der Waals surface area contributed by atoms with Crippen LogP contribution in [0.4, 0.5) is 0 Å². The number of hydrogen-bond donors (Lipinski definition) is 1. The van der Waals surface area contributed by atoms with Crippen LogP contribution in [0.1, 0.15) is 30.3 Å². The van der Waals surface area contributed by atoms with Crippen LogP contribution >= 0.6 is 11.3 Å². The number of aryl methyl sites for hydroxylation is 1.